The van der Waals surface area contributed by atoms with Crippen LogP contribution in [-0.4, -0.2) is 46.9 Å². The highest BCUT2D eigenvalue weighted by molar-refractivity contribution is 6.01. The summed E-state index contributed by atoms with van der Waals surface area (Å²) in [6, 6.07) is -2.16. The zero-order valence-corrected chi connectivity index (χ0v) is 16.4. The van der Waals surface area contributed by atoms with Gasteiger partial charge in [0.05, 0.1) is 6.04 Å². The second-order valence-electron chi connectivity index (χ2n) is 7.53. The van der Waals surface area contributed by atoms with E-state index < -0.39 is 30.0 Å². The lowest BCUT2D eigenvalue weighted by atomic mass is 9.80. The monoisotopic (exact) mass is 392 g/mol. The second-order valence-corrected chi connectivity index (χ2v) is 7.53. The van der Waals surface area contributed by atoms with Crippen molar-refractivity contribution in [2.24, 2.45) is 11.7 Å². The molecule has 9 heteroatoms. The Morgan fingerprint density at radius 1 is 1.14 bits per heavy atom. The quantitative estimate of drug-likeness (QED) is 0.446. The van der Waals surface area contributed by atoms with Crippen LogP contribution in [0.25, 0.3) is 0 Å². The Kier molecular flexibility index (Phi) is 6.82. The van der Waals surface area contributed by atoms with Crippen molar-refractivity contribution in [2.75, 3.05) is 0 Å². The Morgan fingerprint density at radius 3 is 2.43 bits per heavy atom. The van der Waals surface area contributed by atoms with Gasteiger partial charge in [-0.05, 0) is 37.7 Å². The molecule has 2 aliphatic rings. The van der Waals surface area contributed by atoms with Crippen molar-refractivity contribution < 1.29 is 24.3 Å². The van der Waals surface area contributed by atoms with Crippen LogP contribution in [0, 0.1) is 5.92 Å². The number of nitrogens with one attached hydrogen (secondary N) is 3. The number of amides is 3. The Bertz CT molecular complexity index is 741. The van der Waals surface area contributed by atoms with Gasteiger partial charge in [-0.25, -0.2) is 4.79 Å². The van der Waals surface area contributed by atoms with E-state index in [-0.39, 0.29) is 17.7 Å². The zero-order chi connectivity index (χ0) is 21.0. The lowest BCUT2D eigenvalue weighted by Crippen LogP contribution is -2.55. The van der Waals surface area contributed by atoms with Gasteiger partial charge in [-0.1, -0.05) is 19.9 Å². The van der Waals surface area contributed by atoms with Gasteiger partial charge in [-0.2, -0.15) is 0 Å². The number of hydrogen-bond acceptors (Lipinski definition) is 5. The molecule has 9 nitrogen and oxygen atoms in total. The first-order chi connectivity index (χ1) is 13.1. The van der Waals surface area contributed by atoms with Crippen molar-refractivity contribution in [3.05, 3.63) is 22.9 Å². The fraction of sp³-hybridized carbons (Fsp3) is 0.579. The molecule has 0 heterocycles. The number of ketones is 1. The van der Waals surface area contributed by atoms with Crippen molar-refractivity contribution in [3.8, 4) is 0 Å². The van der Waals surface area contributed by atoms with Gasteiger partial charge in [0.2, 0.25) is 11.8 Å². The molecule has 3 unspecified atom stereocenters. The van der Waals surface area contributed by atoms with E-state index in [1.807, 2.05) is 0 Å². The maximum Gasteiger partial charge on any atom is 0.405 e. The molecule has 0 bridgehead atoms. The molecule has 3 atom stereocenters. The van der Waals surface area contributed by atoms with E-state index in [2.05, 4.69) is 16.0 Å². The molecule has 6 N–H and O–H groups in total. The molecule has 28 heavy (non-hydrogen) atoms. The minimum absolute atomic E-state index is 0.00480. The summed E-state index contributed by atoms with van der Waals surface area (Å²) in [5.41, 5.74) is 7.78. The van der Waals surface area contributed by atoms with E-state index in [1.165, 1.54) is 6.92 Å². The Morgan fingerprint density at radius 2 is 1.82 bits per heavy atom. The Hall–Kier alpha value is -2.84. The molecule has 0 fully saturated rings. The molecule has 3 amide bonds. The van der Waals surface area contributed by atoms with Crippen LogP contribution in [0.1, 0.15) is 46.5 Å². The van der Waals surface area contributed by atoms with E-state index in [4.69, 9.17) is 10.8 Å². The van der Waals surface area contributed by atoms with E-state index in [9.17, 15) is 19.2 Å². The molecular weight excluding hydrogens is 364 g/mol. The first kappa shape index (κ1) is 21.5. The number of carbonyl (C=O) groups excluding carboxylic acids is 3. The minimum atomic E-state index is -1.31. The Balaban J connectivity index is 2.03. The van der Waals surface area contributed by atoms with Crippen LogP contribution >= 0.6 is 0 Å². The molecule has 0 aromatic heterocycles. The van der Waals surface area contributed by atoms with E-state index in [1.54, 1.807) is 19.9 Å². The number of Topliss-reactive ketones (excluding diaryl/α,β-unsaturated/α-hetero) is 1. The predicted molar refractivity (Wildman–Crippen MR) is 102 cm³/mol. The van der Waals surface area contributed by atoms with Crippen molar-refractivity contribution in [1.29, 1.82) is 0 Å². The number of nitrogens with two attached hydrogens (primary N) is 1. The van der Waals surface area contributed by atoms with Crippen molar-refractivity contribution >= 4 is 23.7 Å². The summed E-state index contributed by atoms with van der Waals surface area (Å²) in [7, 11) is 0. The van der Waals surface area contributed by atoms with Gasteiger partial charge in [-0.3, -0.25) is 14.4 Å². The van der Waals surface area contributed by atoms with Crippen LogP contribution in [0.2, 0.25) is 0 Å². The van der Waals surface area contributed by atoms with E-state index in [0.717, 1.165) is 12.0 Å². The standard InChI is InChI=1S/C19H28N4O5/c1-9(2)16(23-19(27)28)18(26)21-10(3)17(25)22-13-8-7-12(20)15-11(13)5-4-6-14(15)24/h7,9-10,13,16,23H,4-6,8,20H2,1-3H3,(H,21,26)(H,22,25)(H,27,28). The number of rotatable bonds is 6. The average Bonchev–Trinajstić information content (AvgIpc) is 2.61. The summed E-state index contributed by atoms with van der Waals surface area (Å²) in [6.07, 6.45) is 2.79. The SMILES string of the molecule is CC(NC(=O)C(NC(=O)O)C(C)C)C(=O)NC1CC=C(N)C2=C1CCCC2=O. The third kappa shape index (κ3) is 4.90. The van der Waals surface area contributed by atoms with Crippen LogP contribution in [0.4, 0.5) is 4.79 Å². The predicted octanol–water partition coefficient (Wildman–Crippen LogP) is 0.564. The topological polar surface area (TPSA) is 151 Å². The van der Waals surface area contributed by atoms with Gasteiger partial charge in [0.1, 0.15) is 12.1 Å². The van der Waals surface area contributed by atoms with Gasteiger partial charge in [0.15, 0.2) is 5.78 Å². The fourth-order valence-electron chi connectivity index (χ4n) is 3.53. The van der Waals surface area contributed by atoms with E-state index >= 15 is 0 Å². The number of allylic oxidation sites excluding steroid dienone is 1. The summed E-state index contributed by atoms with van der Waals surface area (Å²) in [4.78, 5) is 48.0. The first-order valence-electron chi connectivity index (χ1n) is 9.44. The molecule has 0 saturated carbocycles. The number of hydrogen-bond donors (Lipinski definition) is 5. The largest absolute Gasteiger partial charge is 0.465 e. The molecule has 0 aromatic rings. The first-order valence-corrected chi connectivity index (χ1v) is 9.44. The van der Waals surface area contributed by atoms with Gasteiger partial charge < -0.3 is 26.8 Å². The third-order valence-corrected chi connectivity index (χ3v) is 5.03. The molecule has 154 valence electrons. The number of carbonyl (C=O) groups is 4. The average molecular weight is 392 g/mol. The summed E-state index contributed by atoms with van der Waals surface area (Å²) in [5, 5.41) is 16.5. The highest BCUT2D eigenvalue weighted by Gasteiger charge is 2.32. The summed E-state index contributed by atoms with van der Waals surface area (Å²) < 4.78 is 0. The molecule has 2 rings (SSSR count). The molecule has 0 spiro atoms. The van der Waals surface area contributed by atoms with Crippen molar-refractivity contribution in [1.82, 2.24) is 16.0 Å². The highest BCUT2D eigenvalue weighted by Crippen LogP contribution is 2.32. The smallest absolute Gasteiger partial charge is 0.405 e. The van der Waals surface area contributed by atoms with Gasteiger partial charge in [0, 0.05) is 17.7 Å². The van der Waals surface area contributed by atoms with Gasteiger partial charge >= 0.3 is 6.09 Å². The van der Waals surface area contributed by atoms with Crippen LogP contribution in [0.3, 0.4) is 0 Å². The zero-order valence-electron chi connectivity index (χ0n) is 16.4. The highest BCUT2D eigenvalue weighted by atomic mass is 16.4. The Labute approximate surface area is 163 Å². The minimum Gasteiger partial charge on any atom is -0.465 e. The maximum atomic E-state index is 12.6. The second kappa shape index (κ2) is 8.90. The lowest BCUT2D eigenvalue weighted by Gasteiger charge is -2.31. The van der Waals surface area contributed by atoms with Crippen LogP contribution < -0.4 is 21.7 Å². The lowest BCUT2D eigenvalue weighted by molar-refractivity contribution is -0.130. The fourth-order valence-corrected chi connectivity index (χ4v) is 3.53. The third-order valence-electron chi connectivity index (χ3n) is 5.03. The molecule has 0 saturated heterocycles. The molecule has 0 aromatic carbocycles. The van der Waals surface area contributed by atoms with Crippen molar-refractivity contribution in [3.63, 3.8) is 0 Å². The maximum absolute atomic E-state index is 12.6. The molecular formula is C19H28N4O5. The van der Waals surface area contributed by atoms with Crippen LogP contribution in [0.5, 0.6) is 0 Å². The van der Waals surface area contributed by atoms with Crippen molar-refractivity contribution in [2.45, 2.75) is 64.6 Å². The summed E-state index contributed by atoms with van der Waals surface area (Å²) in [5.74, 6) is -1.26. The summed E-state index contributed by atoms with van der Waals surface area (Å²) in [6.45, 7) is 4.94. The van der Waals surface area contributed by atoms with Crippen LogP contribution in [-0.2, 0) is 14.4 Å². The van der Waals surface area contributed by atoms with E-state index in [0.29, 0.717) is 30.5 Å². The van der Waals surface area contributed by atoms with Gasteiger partial charge in [0.25, 0.3) is 0 Å². The normalized spacial score (nSPS) is 21.4. The molecule has 0 radical (unpaired) electrons. The number of carboxylic acid groups (broad SMARTS) is 1. The van der Waals surface area contributed by atoms with Crippen LogP contribution in [0.15, 0.2) is 22.9 Å². The molecule has 2 aliphatic carbocycles. The molecule has 0 aliphatic heterocycles. The van der Waals surface area contributed by atoms with Gasteiger partial charge in [-0.15, -0.1) is 0 Å². The summed E-state index contributed by atoms with van der Waals surface area (Å²) >= 11 is 0.